The van der Waals surface area contributed by atoms with Gasteiger partial charge in [0.2, 0.25) is 10.0 Å². The van der Waals surface area contributed by atoms with E-state index in [0.717, 1.165) is 12.0 Å². The summed E-state index contributed by atoms with van der Waals surface area (Å²) in [5.41, 5.74) is 6.25. The first-order valence-electron chi connectivity index (χ1n) is 6.01. The second-order valence-corrected chi connectivity index (χ2v) is 6.74. The van der Waals surface area contributed by atoms with Gasteiger partial charge in [-0.1, -0.05) is 30.5 Å². The molecule has 2 rings (SSSR count). The van der Waals surface area contributed by atoms with E-state index in [2.05, 4.69) is 4.72 Å². The van der Waals surface area contributed by atoms with Crippen molar-refractivity contribution in [3.8, 4) is 0 Å². The Morgan fingerprint density at radius 3 is 2.72 bits per heavy atom. The minimum absolute atomic E-state index is 0.114. The zero-order valence-corrected chi connectivity index (χ0v) is 11.6. The van der Waals surface area contributed by atoms with E-state index in [-0.39, 0.29) is 9.92 Å². The molecule has 0 amide bonds. The molecule has 0 unspecified atom stereocenters. The van der Waals surface area contributed by atoms with Crippen molar-refractivity contribution in [1.29, 1.82) is 0 Å². The van der Waals surface area contributed by atoms with Crippen molar-refractivity contribution in [2.45, 2.75) is 30.7 Å². The predicted octanol–water partition coefficient (Wildman–Crippen LogP) is 1.88. The van der Waals surface area contributed by atoms with Crippen molar-refractivity contribution in [3.05, 3.63) is 28.8 Å². The largest absolute Gasteiger partial charge is 0.326 e. The van der Waals surface area contributed by atoms with E-state index in [1.165, 1.54) is 18.9 Å². The van der Waals surface area contributed by atoms with E-state index >= 15 is 0 Å². The van der Waals surface area contributed by atoms with Crippen LogP contribution in [0.2, 0.25) is 5.02 Å². The Labute approximate surface area is 113 Å². The Balaban J connectivity index is 2.11. The molecule has 1 fully saturated rings. The van der Waals surface area contributed by atoms with Crippen LogP contribution in [0.3, 0.4) is 0 Å². The van der Waals surface area contributed by atoms with Gasteiger partial charge >= 0.3 is 0 Å². The maximum absolute atomic E-state index is 12.1. The molecule has 4 nitrogen and oxygen atoms in total. The van der Waals surface area contributed by atoms with Crippen LogP contribution < -0.4 is 10.5 Å². The quantitative estimate of drug-likeness (QED) is 0.839. The molecule has 1 aromatic rings. The monoisotopic (exact) mass is 288 g/mol. The second kappa shape index (κ2) is 5.57. The summed E-state index contributed by atoms with van der Waals surface area (Å²) >= 11 is 5.93. The third-order valence-corrected chi connectivity index (χ3v) is 5.01. The lowest BCUT2D eigenvalue weighted by Gasteiger charge is -2.09. The standard InChI is InChI=1S/C12H17ClN2O2S/c13-11-4-3-10(8-14)7-12(11)18(16,17)15-6-5-9-1-2-9/h3-4,7,9,15H,1-2,5-6,8,14H2. The minimum atomic E-state index is -3.53. The van der Waals surface area contributed by atoms with Gasteiger partial charge in [-0.25, -0.2) is 13.1 Å². The SMILES string of the molecule is NCc1ccc(Cl)c(S(=O)(=O)NCCC2CC2)c1. The molecule has 1 aliphatic carbocycles. The van der Waals surface area contributed by atoms with Gasteiger partial charge in [-0.3, -0.25) is 0 Å². The molecule has 0 aliphatic heterocycles. The Morgan fingerprint density at radius 2 is 2.11 bits per heavy atom. The van der Waals surface area contributed by atoms with Gasteiger partial charge in [0, 0.05) is 13.1 Å². The number of rotatable bonds is 6. The summed E-state index contributed by atoms with van der Waals surface area (Å²) in [6.07, 6.45) is 3.32. The summed E-state index contributed by atoms with van der Waals surface area (Å²) in [6, 6.07) is 4.83. The van der Waals surface area contributed by atoms with Gasteiger partial charge in [-0.05, 0) is 30.0 Å². The van der Waals surface area contributed by atoms with E-state index in [1.807, 2.05) is 0 Å². The van der Waals surface area contributed by atoms with Crippen LogP contribution >= 0.6 is 11.6 Å². The van der Waals surface area contributed by atoms with Crippen LogP contribution in [0.25, 0.3) is 0 Å². The van der Waals surface area contributed by atoms with Crippen molar-refractivity contribution in [2.24, 2.45) is 11.7 Å². The summed E-state index contributed by atoms with van der Waals surface area (Å²) < 4.78 is 26.8. The molecule has 0 aromatic heterocycles. The molecular weight excluding hydrogens is 272 g/mol. The summed E-state index contributed by atoms with van der Waals surface area (Å²) in [7, 11) is -3.53. The van der Waals surface area contributed by atoms with E-state index in [4.69, 9.17) is 17.3 Å². The second-order valence-electron chi connectivity index (χ2n) is 4.60. The highest BCUT2D eigenvalue weighted by atomic mass is 35.5. The molecule has 18 heavy (non-hydrogen) atoms. The van der Waals surface area contributed by atoms with Crippen LogP contribution in [0.1, 0.15) is 24.8 Å². The van der Waals surface area contributed by atoms with Crippen LogP contribution in [0.15, 0.2) is 23.1 Å². The fourth-order valence-corrected chi connectivity index (χ4v) is 3.36. The Bertz CT molecular complexity index is 527. The van der Waals surface area contributed by atoms with Gasteiger partial charge in [0.05, 0.1) is 5.02 Å². The first kappa shape index (κ1) is 13.8. The van der Waals surface area contributed by atoms with Gasteiger partial charge in [0.25, 0.3) is 0 Å². The third kappa shape index (κ3) is 3.45. The first-order valence-corrected chi connectivity index (χ1v) is 7.87. The number of nitrogens with one attached hydrogen (secondary N) is 1. The van der Waals surface area contributed by atoms with E-state index < -0.39 is 10.0 Å². The molecule has 0 heterocycles. The van der Waals surface area contributed by atoms with Crippen LogP contribution in [0.4, 0.5) is 0 Å². The third-order valence-electron chi connectivity index (χ3n) is 3.06. The van der Waals surface area contributed by atoms with Gasteiger partial charge < -0.3 is 5.73 Å². The number of halogens is 1. The molecule has 0 radical (unpaired) electrons. The van der Waals surface area contributed by atoms with Crippen LogP contribution in [-0.2, 0) is 16.6 Å². The maximum Gasteiger partial charge on any atom is 0.242 e. The maximum atomic E-state index is 12.1. The molecule has 1 aromatic carbocycles. The zero-order chi connectivity index (χ0) is 13.2. The molecule has 1 saturated carbocycles. The number of benzene rings is 1. The Morgan fingerprint density at radius 1 is 1.39 bits per heavy atom. The van der Waals surface area contributed by atoms with E-state index in [9.17, 15) is 8.42 Å². The first-order chi connectivity index (χ1) is 8.53. The molecule has 6 heteroatoms. The number of hydrogen-bond acceptors (Lipinski definition) is 3. The van der Waals surface area contributed by atoms with Crippen molar-refractivity contribution in [3.63, 3.8) is 0 Å². The fourth-order valence-electron chi connectivity index (χ4n) is 1.76. The molecule has 0 atom stereocenters. The predicted molar refractivity (Wildman–Crippen MR) is 71.9 cm³/mol. The topological polar surface area (TPSA) is 72.2 Å². The van der Waals surface area contributed by atoms with E-state index in [1.54, 1.807) is 12.1 Å². The van der Waals surface area contributed by atoms with Crippen molar-refractivity contribution >= 4 is 21.6 Å². The Hall–Kier alpha value is -0.620. The highest BCUT2D eigenvalue weighted by molar-refractivity contribution is 7.89. The molecule has 0 spiro atoms. The summed E-state index contributed by atoms with van der Waals surface area (Å²) in [5, 5.41) is 0.228. The number of sulfonamides is 1. The highest BCUT2D eigenvalue weighted by Crippen LogP contribution is 2.32. The minimum Gasteiger partial charge on any atom is -0.326 e. The number of hydrogen-bond donors (Lipinski definition) is 2. The van der Waals surface area contributed by atoms with Crippen molar-refractivity contribution in [1.82, 2.24) is 4.72 Å². The lowest BCUT2D eigenvalue weighted by molar-refractivity contribution is 0.575. The molecular formula is C12H17ClN2O2S. The Kier molecular flexibility index (Phi) is 4.27. The average molecular weight is 289 g/mol. The highest BCUT2D eigenvalue weighted by Gasteiger charge is 2.23. The summed E-state index contributed by atoms with van der Waals surface area (Å²) in [6.45, 7) is 0.762. The molecule has 1 aliphatic rings. The molecule has 100 valence electrons. The smallest absolute Gasteiger partial charge is 0.242 e. The van der Waals surface area contributed by atoms with Gasteiger partial charge in [0.1, 0.15) is 4.90 Å². The lowest BCUT2D eigenvalue weighted by atomic mass is 10.2. The van der Waals surface area contributed by atoms with Crippen LogP contribution in [0.5, 0.6) is 0 Å². The normalized spacial score (nSPS) is 15.9. The molecule has 3 N–H and O–H groups in total. The summed E-state index contributed by atoms with van der Waals surface area (Å²) in [5.74, 6) is 0.693. The van der Waals surface area contributed by atoms with Crippen molar-refractivity contribution < 1.29 is 8.42 Å². The number of nitrogens with two attached hydrogens (primary N) is 1. The van der Waals surface area contributed by atoms with Gasteiger partial charge in [-0.15, -0.1) is 0 Å². The van der Waals surface area contributed by atoms with Crippen molar-refractivity contribution in [2.75, 3.05) is 6.54 Å². The fraction of sp³-hybridized carbons (Fsp3) is 0.500. The lowest BCUT2D eigenvalue weighted by Crippen LogP contribution is -2.25. The summed E-state index contributed by atoms with van der Waals surface area (Å²) in [4.78, 5) is 0.114. The van der Waals surface area contributed by atoms with E-state index in [0.29, 0.717) is 19.0 Å². The zero-order valence-electron chi connectivity index (χ0n) is 10.0. The average Bonchev–Trinajstić information content (AvgIpc) is 3.13. The van der Waals surface area contributed by atoms with Crippen LogP contribution in [0, 0.1) is 5.92 Å². The van der Waals surface area contributed by atoms with Gasteiger partial charge in [-0.2, -0.15) is 0 Å². The molecule has 0 saturated heterocycles. The van der Waals surface area contributed by atoms with Crippen LogP contribution in [-0.4, -0.2) is 15.0 Å². The molecule has 0 bridgehead atoms. The van der Waals surface area contributed by atoms with Gasteiger partial charge in [0.15, 0.2) is 0 Å².